The van der Waals surface area contributed by atoms with Crippen molar-refractivity contribution in [2.24, 2.45) is 0 Å². The Balaban J connectivity index is 1.32. The van der Waals surface area contributed by atoms with Gasteiger partial charge in [0.1, 0.15) is 18.5 Å². The predicted octanol–water partition coefficient (Wildman–Crippen LogP) is 4.24. The lowest BCUT2D eigenvalue weighted by atomic mass is 10.0. The molecule has 4 aromatic rings. The van der Waals surface area contributed by atoms with Gasteiger partial charge in [0.25, 0.3) is 0 Å². The van der Waals surface area contributed by atoms with Gasteiger partial charge in [0.15, 0.2) is 0 Å². The van der Waals surface area contributed by atoms with Gasteiger partial charge in [-0.05, 0) is 55.7 Å². The Labute approximate surface area is 193 Å². The molecule has 0 radical (unpaired) electrons. The number of nitrogens with zero attached hydrogens (tertiary/aromatic N) is 4. The van der Waals surface area contributed by atoms with Crippen molar-refractivity contribution in [3.8, 4) is 0 Å². The summed E-state index contributed by atoms with van der Waals surface area (Å²) in [6.07, 6.45) is 0.622. The number of benzene rings is 2. The zero-order valence-corrected chi connectivity index (χ0v) is 19.1. The Hall–Kier alpha value is -3.51. The molecule has 6 heteroatoms. The zero-order valence-electron chi connectivity index (χ0n) is 19.1. The molecule has 1 atom stereocenters. The van der Waals surface area contributed by atoms with Gasteiger partial charge in [0.05, 0.1) is 29.9 Å². The summed E-state index contributed by atoms with van der Waals surface area (Å²) in [6, 6.07) is 22.6. The molecule has 0 bridgehead atoms. The van der Waals surface area contributed by atoms with E-state index in [0.29, 0.717) is 19.7 Å². The number of aryl methyl sites for hydroxylation is 2. The largest absolute Gasteiger partial charge is 0.368 e. The summed E-state index contributed by atoms with van der Waals surface area (Å²) in [5, 5.41) is 0. The Bertz CT molecular complexity index is 1280. The normalized spacial score (nSPS) is 16.3. The molecule has 0 aliphatic carbocycles. The maximum absolute atomic E-state index is 13.2. The van der Waals surface area contributed by atoms with Crippen molar-refractivity contribution in [1.82, 2.24) is 19.4 Å². The second kappa shape index (κ2) is 9.16. The van der Waals surface area contributed by atoms with Gasteiger partial charge < -0.3 is 14.2 Å². The van der Waals surface area contributed by atoms with Crippen LogP contribution in [0, 0.1) is 13.8 Å². The molecule has 1 saturated heterocycles. The van der Waals surface area contributed by atoms with E-state index in [9.17, 15) is 4.79 Å². The van der Waals surface area contributed by atoms with E-state index in [0.717, 1.165) is 34.7 Å². The van der Waals surface area contributed by atoms with Crippen molar-refractivity contribution < 1.29 is 9.53 Å². The van der Waals surface area contributed by atoms with Crippen molar-refractivity contribution >= 4 is 16.9 Å². The molecule has 2 aromatic heterocycles. The minimum absolute atomic E-state index is 0.0757. The fourth-order valence-electron chi connectivity index (χ4n) is 4.55. The van der Waals surface area contributed by atoms with Crippen LogP contribution in [-0.4, -0.2) is 45.0 Å². The molecule has 1 aliphatic rings. The molecular formula is C27H28N4O2. The van der Waals surface area contributed by atoms with E-state index >= 15 is 0 Å². The molecule has 1 aliphatic heterocycles. The third kappa shape index (κ3) is 4.66. The number of morpholine rings is 1. The lowest BCUT2D eigenvalue weighted by Crippen LogP contribution is -2.44. The second-order valence-corrected chi connectivity index (χ2v) is 8.64. The van der Waals surface area contributed by atoms with Crippen LogP contribution in [0.25, 0.3) is 11.0 Å². The first-order valence-electron chi connectivity index (χ1n) is 11.4. The lowest BCUT2D eigenvalue weighted by molar-refractivity contribution is -0.139. The van der Waals surface area contributed by atoms with Crippen molar-refractivity contribution in [2.45, 2.75) is 32.9 Å². The first kappa shape index (κ1) is 21.3. The molecule has 1 amide bonds. The second-order valence-electron chi connectivity index (χ2n) is 8.64. The number of fused-ring (bicyclic) bond motifs is 1. The number of pyridine rings is 1. The summed E-state index contributed by atoms with van der Waals surface area (Å²) in [4.78, 5) is 24.4. The molecule has 1 fully saturated rings. The van der Waals surface area contributed by atoms with Gasteiger partial charge in [-0.15, -0.1) is 0 Å². The number of ether oxygens (including phenoxy) is 1. The van der Waals surface area contributed by atoms with Crippen LogP contribution in [0.5, 0.6) is 0 Å². The number of hydrogen-bond donors (Lipinski definition) is 0. The number of rotatable bonds is 5. The Morgan fingerprint density at radius 2 is 1.79 bits per heavy atom. The van der Waals surface area contributed by atoms with Gasteiger partial charge in [-0.3, -0.25) is 9.78 Å². The fourth-order valence-corrected chi connectivity index (χ4v) is 4.55. The van der Waals surface area contributed by atoms with Crippen LogP contribution in [0.3, 0.4) is 0 Å². The Morgan fingerprint density at radius 1 is 1.00 bits per heavy atom. The molecule has 5 rings (SSSR count). The zero-order chi connectivity index (χ0) is 22.8. The molecule has 0 unspecified atom stereocenters. The highest BCUT2D eigenvalue weighted by molar-refractivity contribution is 5.81. The molecule has 0 N–H and O–H groups in total. The number of para-hydroxylation sites is 2. The topological polar surface area (TPSA) is 60.2 Å². The molecule has 33 heavy (non-hydrogen) atoms. The highest BCUT2D eigenvalue weighted by Gasteiger charge is 2.27. The van der Waals surface area contributed by atoms with Crippen LogP contribution < -0.4 is 0 Å². The van der Waals surface area contributed by atoms with Crippen molar-refractivity contribution in [3.05, 3.63) is 95.1 Å². The number of aromatic nitrogens is 3. The summed E-state index contributed by atoms with van der Waals surface area (Å²) < 4.78 is 8.05. The SMILES string of the molecule is Cc1cc(Cc2ccccc2)cc([C@H]2CN(C(=O)Cn3c(C)nc4ccccc43)CCO2)n1. The molecule has 2 aromatic carbocycles. The molecule has 0 spiro atoms. The summed E-state index contributed by atoms with van der Waals surface area (Å²) in [5.74, 6) is 0.923. The first-order chi connectivity index (χ1) is 16.1. The highest BCUT2D eigenvalue weighted by Crippen LogP contribution is 2.24. The van der Waals surface area contributed by atoms with E-state index in [-0.39, 0.29) is 18.6 Å². The summed E-state index contributed by atoms with van der Waals surface area (Å²) in [6.45, 7) is 5.83. The van der Waals surface area contributed by atoms with Gasteiger partial charge >= 0.3 is 0 Å². The number of carbonyl (C=O) groups excluding carboxylic acids is 1. The van der Waals surface area contributed by atoms with E-state index in [1.807, 2.05) is 53.6 Å². The average Bonchev–Trinajstić information content (AvgIpc) is 3.14. The van der Waals surface area contributed by atoms with E-state index in [1.165, 1.54) is 11.1 Å². The molecule has 168 valence electrons. The van der Waals surface area contributed by atoms with Gasteiger partial charge in [-0.2, -0.15) is 0 Å². The van der Waals surface area contributed by atoms with Crippen molar-refractivity contribution in [1.29, 1.82) is 0 Å². The van der Waals surface area contributed by atoms with Crippen LogP contribution in [0.1, 0.15) is 34.4 Å². The number of hydrogen-bond acceptors (Lipinski definition) is 4. The van der Waals surface area contributed by atoms with Crippen LogP contribution >= 0.6 is 0 Å². The van der Waals surface area contributed by atoms with Gasteiger partial charge in [0, 0.05) is 12.2 Å². The molecule has 0 saturated carbocycles. The first-order valence-corrected chi connectivity index (χ1v) is 11.4. The van der Waals surface area contributed by atoms with Crippen LogP contribution in [-0.2, 0) is 22.5 Å². The monoisotopic (exact) mass is 440 g/mol. The van der Waals surface area contributed by atoms with E-state index in [1.54, 1.807) is 0 Å². The molecular weight excluding hydrogens is 412 g/mol. The molecule has 6 nitrogen and oxygen atoms in total. The maximum atomic E-state index is 13.2. The number of carbonyl (C=O) groups is 1. The molecule has 3 heterocycles. The van der Waals surface area contributed by atoms with Crippen LogP contribution in [0.2, 0.25) is 0 Å². The van der Waals surface area contributed by atoms with Crippen molar-refractivity contribution in [2.75, 3.05) is 19.7 Å². The van der Waals surface area contributed by atoms with Crippen LogP contribution in [0.4, 0.5) is 0 Å². The van der Waals surface area contributed by atoms with Gasteiger partial charge in [0.2, 0.25) is 5.91 Å². The Kier molecular flexibility index (Phi) is 5.92. The maximum Gasteiger partial charge on any atom is 0.242 e. The van der Waals surface area contributed by atoms with E-state index in [4.69, 9.17) is 9.72 Å². The van der Waals surface area contributed by atoms with Gasteiger partial charge in [-0.1, -0.05) is 42.5 Å². The third-order valence-electron chi connectivity index (χ3n) is 6.17. The lowest BCUT2D eigenvalue weighted by Gasteiger charge is -2.33. The standard InChI is InChI=1S/C27H28N4O2/c1-19-14-22(15-21-8-4-3-5-9-21)16-24(28-19)26-17-30(12-13-33-26)27(32)18-31-20(2)29-23-10-6-7-11-25(23)31/h3-11,14,16,26H,12-13,15,17-18H2,1-2H3/t26-/m1/s1. The third-order valence-corrected chi connectivity index (χ3v) is 6.17. The minimum Gasteiger partial charge on any atom is -0.368 e. The smallest absolute Gasteiger partial charge is 0.242 e. The van der Waals surface area contributed by atoms with Crippen LogP contribution in [0.15, 0.2) is 66.7 Å². The summed E-state index contributed by atoms with van der Waals surface area (Å²) >= 11 is 0. The highest BCUT2D eigenvalue weighted by atomic mass is 16.5. The number of imidazole rings is 1. The number of amides is 1. The van der Waals surface area contributed by atoms with Gasteiger partial charge in [-0.25, -0.2) is 4.98 Å². The Morgan fingerprint density at radius 3 is 2.64 bits per heavy atom. The van der Waals surface area contributed by atoms with Crippen molar-refractivity contribution in [3.63, 3.8) is 0 Å². The minimum atomic E-state index is -0.224. The summed E-state index contributed by atoms with van der Waals surface area (Å²) in [5.41, 5.74) is 6.22. The fraction of sp³-hybridized carbons (Fsp3) is 0.296. The van der Waals surface area contributed by atoms with E-state index in [2.05, 4.69) is 41.4 Å². The predicted molar refractivity (Wildman–Crippen MR) is 128 cm³/mol. The summed E-state index contributed by atoms with van der Waals surface area (Å²) in [7, 11) is 0. The van der Waals surface area contributed by atoms with E-state index < -0.39 is 0 Å². The quantitative estimate of drug-likeness (QED) is 0.466. The average molecular weight is 441 g/mol.